The number of hydrogen-bond donors (Lipinski definition) is 1. The quantitative estimate of drug-likeness (QED) is 0.264. The number of aliphatic hydroxyl groups is 1. The van der Waals surface area contributed by atoms with Crippen molar-refractivity contribution in [2.75, 3.05) is 27.2 Å². The molecule has 0 radical (unpaired) electrons. The molecule has 1 aliphatic carbocycles. The summed E-state index contributed by atoms with van der Waals surface area (Å²) >= 11 is 0. The number of aromatic nitrogens is 1. The zero-order valence-corrected chi connectivity index (χ0v) is 22.3. The van der Waals surface area contributed by atoms with Crippen LogP contribution in [0.3, 0.4) is 0 Å². The van der Waals surface area contributed by atoms with Gasteiger partial charge in [-0.1, -0.05) is 92.3 Å². The minimum absolute atomic E-state index is 0.101. The number of ether oxygens (including phenoxy) is 1. The van der Waals surface area contributed by atoms with Gasteiger partial charge in [0.25, 0.3) is 0 Å². The smallest absolute Gasteiger partial charge is 0.231 e. The first kappa shape index (κ1) is 26.6. The molecule has 1 unspecified atom stereocenters. The van der Waals surface area contributed by atoms with E-state index in [1.165, 1.54) is 30.4 Å². The van der Waals surface area contributed by atoms with Crippen molar-refractivity contribution < 1.29 is 18.7 Å². The van der Waals surface area contributed by atoms with Crippen molar-refractivity contribution in [3.05, 3.63) is 89.1 Å². The van der Waals surface area contributed by atoms with Crippen molar-refractivity contribution in [2.45, 2.75) is 70.6 Å². The third-order valence-corrected chi connectivity index (χ3v) is 7.60. The highest BCUT2D eigenvalue weighted by Crippen LogP contribution is 2.42. The van der Waals surface area contributed by atoms with Crippen molar-refractivity contribution >= 4 is 0 Å². The molecule has 0 amide bonds. The van der Waals surface area contributed by atoms with Crippen LogP contribution in [-0.2, 0) is 23.5 Å². The van der Waals surface area contributed by atoms with E-state index >= 15 is 0 Å². The molecule has 0 bridgehead atoms. The van der Waals surface area contributed by atoms with Crippen LogP contribution in [0.25, 0.3) is 0 Å². The lowest BCUT2D eigenvalue weighted by atomic mass is 9.74. The third-order valence-electron chi connectivity index (χ3n) is 7.60. The van der Waals surface area contributed by atoms with Crippen molar-refractivity contribution in [2.24, 2.45) is 5.92 Å². The summed E-state index contributed by atoms with van der Waals surface area (Å²) in [6.45, 7) is 4.93. The molecule has 1 aromatic heterocycles. The average molecular weight is 492 g/mol. The molecule has 1 N–H and O–H groups in total. The molecule has 0 spiro atoms. The van der Waals surface area contributed by atoms with E-state index < -0.39 is 5.60 Å². The number of oxazole rings is 1. The van der Waals surface area contributed by atoms with E-state index in [2.05, 4.69) is 50.3 Å². The number of aryl methyl sites for hydroxylation is 1. The predicted octanol–water partition coefficient (Wildman–Crippen LogP) is 6.37. The largest absolute Gasteiger partial charge is 0.436 e. The Morgan fingerprint density at radius 1 is 0.972 bits per heavy atom. The van der Waals surface area contributed by atoms with Gasteiger partial charge in [-0.2, -0.15) is 0 Å². The molecule has 4 rings (SSSR count). The summed E-state index contributed by atoms with van der Waals surface area (Å²) in [6, 6.07) is 18.5. The molecule has 1 atom stereocenters. The van der Waals surface area contributed by atoms with Crippen molar-refractivity contribution in [3.8, 4) is 0 Å². The van der Waals surface area contributed by atoms with Gasteiger partial charge in [-0.05, 0) is 30.9 Å². The number of benzene rings is 2. The zero-order valence-electron chi connectivity index (χ0n) is 22.3. The molecule has 36 heavy (non-hydrogen) atoms. The predicted molar refractivity (Wildman–Crippen MR) is 143 cm³/mol. The summed E-state index contributed by atoms with van der Waals surface area (Å²) in [5.74, 6) is 1.34. The summed E-state index contributed by atoms with van der Waals surface area (Å²) in [4.78, 5) is 4.66. The van der Waals surface area contributed by atoms with Crippen LogP contribution in [-0.4, -0.2) is 41.8 Å². The van der Waals surface area contributed by atoms with E-state index in [0.717, 1.165) is 48.0 Å². The second kappa shape index (κ2) is 12.2. The Labute approximate surface area is 216 Å². The maximum absolute atomic E-state index is 12.2. The van der Waals surface area contributed by atoms with Gasteiger partial charge in [0.1, 0.15) is 13.1 Å². The van der Waals surface area contributed by atoms with E-state index in [-0.39, 0.29) is 5.92 Å². The van der Waals surface area contributed by atoms with Gasteiger partial charge >= 0.3 is 0 Å². The Balaban J connectivity index is 1.43. The third kappa shape index (κ3) is 6.84. The summed E-state index contributed by atoms with van der Waals surface area (Å²) in [5, 5.41) is 12.2. The average Bonchev–Trinajstić information content (AvgIpc) is 3.31. The number of nitrogens with zero attached hydrogens (tertiary/aromatic N) is 2. The molecular weight excluding hydrogens is 448 g/mol. The first-order chi connectivity index (χ1) is 17.4. The number of hydrogen-bond acceptors (Lipinski definition) is 4. The highest BCUT2D eigenvalue weighted by atomic mass is 16.5. The van der Waals surface area contributed by atoms with E-state index in [1.807, 2.05) is 30.3 Å². The molecule has 1 heterocycles. The standard InChI is InChI=1S/C31H43N2O3/c1-25-16-18-26(19-17-25)24-35-21-20-33(2,3)23-29-22-32-30(36-29)31(34,28-14-10-7-11-15-28)27-12-8-5-4-6-9-13-27/h7,10-11,14-19,22,27,34H,4-6,8-9,12-13,20-21,23-24H2,1-3H3/q+1. The van der Waals surface area contributed by atoms with E-state index in [1.54, 1.807) is 6.20 Å². The lowest BCUT2D eigenvalue weighted by Crippen LogP contribution is -2.41. The summed E-state index contributed by atoms with van der Waals surface area (Å²) < 4.78 is 13.0. The van der Waals surface area contributed by atoms with Gasteiger partial charge in [-0.3, -0.25) is 0 Å². The van der Waals surface area contributed by atoms with Crippen molar-refractivity contribution in [1.82, 2.24) is 4.98 Å². The molecule has 0 aliphatic heterocycles. The first-order valence-electron chi connectivity index (χ1n) is 13.6. The van der Waals surface area contributed by atoms with Gasteiger partial charge in [0.2, 0.25) is 5.89 Å². The van der Waals surface area contributed by atoms with E-state index in [4.69, 9.17) is 9.15 Å². The molecule has 0 saturated heterocycles. The molecule has 2 aromatic carbocycles. The normalized spacial score (nSPS) is 17.3. The highest BCUT2D eigenvalue weighted by molar-refractivity contribution is 5.30. The maximum atomic E-state index is 12.2. The molecule has 5 nitrogen and oxygen atoms in total. The Kier molecular flexibility index (Phi) is 9.00. The van der Waals surface area contributed by atoms with Gasteiger partial charge in [0, 0.05) is 5.92 Å². The summed E-state index contributed by atoms with van der Waals surface area (Å²) in [6.07, 6.45) is 9.82. The van der Waals surface area contributed by atoms with Gasteiger partial charge in [-0.15, -0.1) is 0 Å². The fraction of sp³-hybridized carbons (Fsp3) is 0.516. The topological polar surface area (TPSA) is 55.5 Å². The Morgan fingerprint density at radius 2 is 1.64 bits per heavy atom. The Hall–Kier alpha value is -2.47. The molecule has 1 saturated carbocycles. The lowest BCUT2D eigenvalue weighted by molar-refractivity contribution is -0.905. The van der Waals surface area contributed by atoms with E-state index in [0.29, 0.717) is 25.6 Å². The van der Waals surface area contributed by atoms with Crippen LogP contribution in [0, 0.1) is 12.8 Å². The van der Waals surface area contributed by atoms with Crippen LogP contribution >= 0.6 is 0 Å². The minimum Gasteiger partial charge on any atom is -0.436 e. The fourth-order valence-corrected chi connectivity index (χ4v) is 5.34. The van der Waals surface area contributed by atoms with Gasteiger partial charge in [0.05, 0.1) is 33.5 Å². The monoisotopic (exact) mass is 491 g/mol. The second-order valence-corrected chi connectivity index (χ2v) is 11.2. The molecule has 1 fully saturated rings. The lowest BCUT2D eigenvalue weighted by Gasteiger charge is -2.35. The molecular formula is C31H43N2O3+. The van der Waals surface area contributed by atoms with Crippen molar-refractivity contribution in [1.29, 1.82) is 0 Å². The van der Waals surface area contributed by atoms with Crippen LogP contribution in [0.4, 0.5) is 0 Å². The molecule has 194 valence electrons. The van der Waals surface area contributed by atoms with Crippen LogP contribution in [0.1, 0.15) is 73.3 Å². The van der Waals surface area contributed by atoms with Crippen LogP contribution in [0.5, 0.6) is 0 Å². The Bertz CT molecular complexity index is 1050. The number of quaternary nitrogens is 1. The van der Waals surface area contributed by atoms with Crippen LogP contribution in [0.15, 0.2) is 65.2 Å². The minimum atomic E-state index is -1.20. The highest BCUT2D eigenvalue weighted by Gasteiger charge is 2.44. The van der Waals surface area contributed by atoms with Gasteiger partial charge in [-0.25, -0.2) is 4.98 Å². The maximum Gasteiger partial charge on any atom is 0.231 e. The first-order valence-corrected chi connectivity index (χ1v) is 13.6. The molecule has 5 heteroatoms. The fourth-order valence-electron chi connectivity index (χ4n) is 5.34. The molecule has 1 aliphatic rings. The SMILES string of the molecule is Cc1ccc(COCC[N+](C)(C)Cc2cnc(C(O)(c3ccccc3)C3CCCCCCC3)o2)cc1. The van der Waals surface area contributed by atoms with Crippen LogP contribution in [0.2, 0.25) is 0 Å². The van der Waals surface area contributed by atoms with Crippen LogP contribution < -0.4 is 0 Å². The molecule has 3 aromatic rings. The van der Waals surface area contributed by atoms with Gasteiger partial charge in [0.15, 0.2) is 11.4 Å². The van der Waals surface area contributed by atoms with Gasteiger partial charge < -0.3 is 18.7 Å². The second-order valence-electron chi connectivity index (χ2n) is 11.2. The number of likely N-dealkylation sites (N-methyl/N-ethyl adjacent to an activating group) is 1. The summed E-state index contributed by atoms with van der Waals surface area (Å²) in [5.41, 5.74) is 2.13. The summed E-state index contributed by atoms with van der Waals surface area (Å²) in [7, 11) is 4.35. The van der Waals surface area contributed by atoms with Crippen molar-refractivity contribution in [3.63, 3.8) is 0 Å². The van der Waals surface area contributed by atoms with E-state index in [9.17, 15) is 5.11 Å². The Morgan fingerprint density at radius 3 is 2.33 bits per heavy atom. The number of rotatable bonds is 10. The zero-order chi connectivity index (χ0) is 25.4.